The van der Waals surface area contributed by atoms with Crippen LogP contribution in [0.2, 0.25) is 0 Å². The normalized spacial score (nSPS) is 11.3. The number of alkyl halides is 3. The summed E-state index contributed by atoms with van der Waals surface area (Å²) in [5.41, 5.74) is 11.2. The Bertz CT molecular complexity index is 564. The van der Waals surface area contributed by atoms with Gasteiger partial charge >= 0.3 is 6.36 Å². The van der Waals surface area contributed by atoms with Crippen LogP contribution in [0.15, 0.2) is 24.3 Å². The van der Waals surface area contributed by atoms with Gasteiger partial charge < -0.3 is 16.2 Å². The fourth-order valence-electron chi connectivity index (χ4n) is 1.34. The first kappa shape index (κ1) is 12.9. The van der Waals surface area contributed by atoms with Gasteiger partial charge in [0.1, 0.15) is 5.75 Å². The van der Waals surface area contributed by atoms with Gasteiger partial charge in [0.15, 0.2) is 5.82 Å². The minimum absolute atomic E-state index is 0.0712. The molecule has 1 heterocycles. The van der Waals surface area contributed by atoms with Crippen LogP contribution < -0.4 is 16.2 Å². The first-order valence-corrected chi connectivity index (χ1v) is 4.97. The number of aromatic nitrogens is 3. The average molecular weight is 271 g/mol. The van der Waals surface area contributed by atoms with Crippen LogP contribution in [-0.2, 0) is 0 Å². The number of rotatable bonds is 2. The van der Waals surface area contributed by atoms with E-state index in [1.807, 2.05) is 0 Å². The molecule has 1 aromatic heterocycles. The highest BCUT2D eigenvalue weighted by Crippen LogP contribution is 2.25. The minimum Gasteiger partial charge on any atom is -0.406 e. The van der Waals surface area contributed by atoms with E-state index in [1.54, 1.807) is 0 Å². The predicted molar refractivity (Wildman–Crippen MR) is 60.8 cm³/mol. The molecule has 0 aliphatic heterocycles. The smallest absolute Gasteiger partial charge is 0.406 e. The molecule has 0 amide bonds. The number of hydrogen-bond acceptors (Lipinski definition) is 6. The van der Waals surface area contributed by atoms with E-state index in [1.165, 1.54) is 12.1 Å². The van der Waals surface area contributed by atoms with Gasteiger partial charge in [0.2, 0.25) is 11.9 Å². The lowest BCUT2D eigenvalue weighted by atomic mass is 10.2. The number of ether oxygens (including phenoxy) is 1. The average Bonchev–Trinajstić information content (AvgIpc) is 2.26. The third kappa shape index (κ3) is 3.44. The largest absolute Gasteiger partial charge is 0.573 e. The highest BCUT2D eigenvalue weighted by Gasteiger charge is 2.30. The molecule has 19 heavy (non-hydrogen) atoms. The summed E-state index contributed by atoms with van der Waals surface area (Å²) in [7, 11) is 0. The van der Waals surface area contributed by atoms with Crippen LogP contribution in [-0.4, -0.2) is 21.3 Å². The summed E-state index contributed by atoms with van der Waals surface area (Å²) in [6, 6.07) is 4.99. The van der Waals surface area contributed by atoms with Crippen LogP contribution in [0, 0.1) is 0 Å². The quantitative estimate of drug-likeness (QED) is 0.860. The molecular weight excluding hydrogens is 263 g/mol. The lowest BCUT2D eigenvalue weighted by Crippen LogP contribution is -2.16. The van der Waals surface area contributed by atoms with E-state index in [0.717, 1.165) is 12.1 Å². The zero-order valence-corrected chi connectivity index (χ0v) is 9.35. The van der Waals surface area contributed by atoms with Crippen LogP contribution in [0.5, 0.6) is 5.75 Å². The Labute approximate surface area is 105 Å². The van der Waals surface area contributed by atoms with Crippen molar-refractivity contribution in [3.05, 3.63) is 24.3 Å². The van der Waals surface area contributed by atoms with Gasteiger partial charge in [-0.15, -0.1) is 13.2 Å². The first-order valence-electron chi connectivity index (χ1n) is 4.97. The molecule has 9 heteroatoms. The maximum atomic E-state index is 12.0. The maximum Gasteiger partial charge on any atom is 0.573 e. The van der Waals surface area contributed by atoms with Crippen LogP contribution >= 0.6 is 0 Å². The van der Waals surface area contributed by atoms with Crippen LogP contribution in [0.1, 0.15) is 0 Å². The number of nitrogens with two attached hydrogens (primary N) is 2. The Morgan fingerprint density at radius 1 is 0.895 bits per heavy atom. The molecule has 0 fully saturated rings. The standard InChI is InChI=1S/C10H8F3N5O/c11-10(12,13)19-6-3-1-5(2-4-6)7-16-8(14)18-9(15)17-7/h1-4H,(H4,14,15,16,17,18). The minimum atomic E-state index is -4.73. The molecule has 0 spiro atoms. The predicted octanol–water partition coefficient (Wildman–Crippen LogP) is 1.60. The molecule has 0 radical (unpaired) electrons. The number of benzene rings is 1. The molecule has 0 aliphatic rings. The highest BCUT2D eigenvalue weighted by atomic mass is 19.4. The Kier molecular flexibility index (Phi) is 3.11. The molecule has 0 saturated heterocycles. The van der Waals surface area contributed by atoms with Gasteiger partial charge in [-0.3, -0.25) is 0 Å². The molecule has 0 atom stereocenters. The molecule has 1 aromatic carbocycles. The molecule has 0 bridgehead atoms. The fraction of sp³-hybridized carbons (Fsp3) is 0.100. The zero-order valence-electron chi connectivity index (χ0n) is 9.35. The second-order valence-corrected chi connectivity index (χ2v) is 3.45. The van der Waals surface area contributed by atoms with E-state index in [9.17, 15) is 13.2 Å². The number of anilines is 2. The molecule has 0 unspecified atom stereocenters. The van der Waals surface area contributed by atoms with Gasteiger partial charge in [-0.05, 0) is 24.3 Å². The zero-order chi connectivity index (χ0) is 14.0. The monoisotopic (exact) mass is 271 g/mol. The van der Waals surface area contributed by atoms with E-state index >= 15 is 0 Å². The molecule has 0 aliphatic carbocycles. The van der Waals surface area contributed by atoms with Crippen LogP contribution in [0.4, 0.5) is 25.1 Å². The van der Waals surface area contributed by atoms with Gasteiger partial charge in [0.05, 0.1) is 0 Å². The molecule has 0 saturated carbocycles. The Morgan fingerprint density at radius 3 is 1.89 bits per heavy atom. The van der Waals surface area contributed by atoms with Crippen molar-refractivity contribution >= 4 is 11.9 Å². The van der Waals surface area contributed by atoms with Gasteiger partial charge in [-0.1, -0.05) is 0 Å². The van der Waals surface area contributed by atoms with Gasteiger partial charge in [-0.25, -0.2) is 0 Å². The molecule has 100 valence electrons. The van der Waals surface area contributed by atoms with E-state index in [-0.39, 0.29) is 23.5 Å². The van der Waals surface area contributed by atoms with Gasteiger partial charge in [0.25, 0.3) is 0 Å². The van der Waals surface area contributed by atoms with Crippen LogP contribution in [0.25, 0.3) is 11.4 Å². The second kappa shape index (κ2) is 4.59. The highest BCUT2D eigenvalue weighted by molar-refractivity contribution is 5.58. The van der Waals surface area contributed by atoms with Crippen molar-refractivity contribution in [3.8, 4) is 17.1 Å². The van der Waals surface area contributed by atoms with Crippen molar-refractivity contribution in [2.45, 2.75) is 6.36 Å². The van der Waals surface area contributed by atoms with E-state index in [2.05, 4.69) is 19.7 Å². The third-order valence-electron chi connectivity index (χ3n) is 2.02. The molecule has 2 rings (SSSR count). The van der Waals surface area contributed by atoms with Gasteiger partial charge in [-0.2, -0.15) is 15.0 Å². The number of nitrogens with zero attached hydrogens (tertiary/aromatic N) is 3. The summed E-state index contributed by atoms with van der Waals surface area (Å²) in [5.74, 6) is -0.314. The Hall–Kier alpha value is -2.58. The molecular formula is C10H8F3N5O. The summed E-state index contributed by atoms with van der Waals surface area (Å²) in [4.78, 5) is 11.2. The third-order valence-corrected chi connectivity index (χ3v) is 2.02. The lowest BCUT2D eigenvalue weighted by molar-refractivity contribution is -0.274. The van der Waals surface area contributed by atoms with Crippen molar-refractivity contribution in [3.63, 3.8) is 0 Å². The maximum absolute atomic E-state index is 12.0. The summed E-state index contributed by atoms with van der Waals surface area (Å²) < 4.78 is 39.7. The number of halogens is 3. The SMILES string of the molecule is Nc1nc(N)nc(-c2ccc(OC(F)(F)F)cc2)n1. The first-order chi connectivity index (χ1) is 8.83. The number of nitrogen functional groups attached to an aromatic ring is 2. The Balaban J connectivity index is 2.27. The summed E-state index contributed by atoms with van der Waals surface area (Å²) >= 11 is 0. The van der Waals surface area contributed by atoms with Gasteiger partial charge in [0, 0.05) is 5.56 Å². The molecule has 4 N–H and O–H groups in total. The van der Waals surface area contributed by atoms with E-state index < -0.39 is 6.36 Å². The topological polar surface area (TPSA) is 99.9 Å². The van der Waals surface area contributed by atoms with E-state index in [0.29, 0.717) is 5.56 Å². The van der Waals surface area contributed by atoms with Crippen molar-refractivity contribution in [2.24, 2.45) is 0 Å². The molecule has 2 aromatic rings. The van der Waals surface area contributed by atoms with Crippen molar-refractivity contribution in [2.75, 3.05) is 11.5 Å². The van der Waals surface area contributed by atoms with E-state index in [4.69, 9.17) is 11.5 Å². The second-order valence-electron chi connectivity index (χ2n) is 3.45. The Morgan fingerprint density at radius 2 is 1.42 bits per heavy atom. The fourth-order valence-corrected chi connectivity index (χ4v) is 1.34. The summed E-state index contributed by atoms with van der Waals surface area (Å²) in [5, 5.41) is 0. The van der Waals surface area contributed by atoms with Crippen LogP contribution in [0.3, 0.4) is 0 Å². The van der Waals surface area contributed by atoms with Crippen molar-refractivity contribution in [1.29, 1.82) is 0 Å². The number of hydrogen-bond donors (Lipinski definition) is 2. The summed E-state index contributed by atoms with van der Waals surface area (Å²) in [6.07, 6.45) is -4.73. The lowest BCUT2D eigenvalue weighted by Gasteiger charge is -2.09. The van der Waals surface area contributed by atoms with Crippen molar-refractivity contribution in [1.82, 2.24) is 15.0 Å². The summed E-state index contributed by atoms with van der Waals surface area (Å²) in [6.45, 7) is 0. The van der Waals surface area contributed by atoms with Crippen molar-refractivity contribution < 1.29 is 17.9 Å². The molecule has 6 nitrogen and oxygen atoms in total.